The summed E-state index contributed by atoms with van der Waals surface area (Å²) in [4.78, 5) is 25.9. The molecule has 0 atom stereocenters. The first kappa shape index (κ1) is 12.5. The molecule has 0 fully saturated rings. The van der Waals surface area contributed by atoms with Crippen LogP contribution in [-0.4, -0.2) is 26.4 Å². The van der Waals surface area contributed by atoms with Gasteiger partial charge < -0.3 is 4.98 Å². The normalized spacial score (nSPS) is 15.5. The molecular weight excluding hydrogens is 260 g/mol. The second-order valence-corrected chi connectivity index (χ2v) is 5.96. The molecule has 1 N–H and O–H groups in total. The fraction of sp³-hybridized carbons (Fsp3) is 0.462. The van der Waals surface area contributed by atoms with Gasteiger partial charge in [0.25, 0.3) is 5.56 Å². The molecule has 19 heavy (non-hydrogen) atoms. The molecule has 0 aliphatic carbocycles. The van der Waals surface area contributed by atoms with Crippen LogP contribution in [0.25, 0.3) is 0 Å². The van der Waals surface area contributed by atoms with E-state index in [0.29, 0.717) is 12.4 Å². The van der Waals surface area contributed by atoms with Crippen molar-refractivity contribution in [2.45, 2.75) is 33.4 Å². The summed E-state index contributed by atoms with van der Waals surface area (Å²) in [5, 5.41) is 3.17. The van der Waals surface area contributed by atoms with Gasteiger partial charge in [0.2, 0.25) is 0 Å². The summed E-state index contributed by atoms with van der Waals surface area (Å²) >= 11 is 1.67. The monoisotopic (exact) mass is 276 g/mol. The van der Waals surface area contributed by atoms with Crippen LogP contribution in [0, 0.1) is 13.8 Å². The van der Waals surface area contributed by atoms with Gasteiger partial charge in [-0.15, -0.1) is 11.3 Å². The highest BCUT2D eigenvalue weighted by Gasteiger charge is 2.21. The number of thiazole rings is 1. The zero-order valence-corrected chi connectivity index (χ0v) is 11.9. The third kappa shape index (κ3) is 2.59. The van der Waals surface area contributed by atoms with E-state index in [9.17, 15) is 4.79 Å². The van der Waals surface area contributed by atoms with Crippen LogP contribution in [0.3, 0.4) is 0 Å². The van der Waals surface area contributed by atoms with Crippen molar-refractivity contribution in [1.29, 1.82) is 0 Å². The van der Waals surface area contributed by atoms with Crippen LogP contribution in [0.4, 0.5) is 0 Å². The van der Waals surface area contributed by atoms with Gasteiger partial charge in [-0.05, 0) is 13.8 Å². The Morgan fingerprint density at radius 2 is 2.26 bits per heavy atom. The predicted molar refractivity (Wildman–Crippen MR) is 74.3 cm³/mol. The number of aryl methyl sites for hydroxylation is 2. The zero-order valence-electron chi connectivity index (χ0n) is 11.1. The molecular formula is C13H16N4OS. The van der Waals surface area contributed by atoms with Gasteiger partial charge in [0.15, 0.2) is 0 Å². The van der Waals surface area contributed by atoms with E-state index in [0.717, 1.165) is 41.5 Å². The summed E-state index contributed by atoms with van der Waals surface area (Å²) in [7, 11) is 0. The minimum Gasteiger partial charge on any atom is -0.310 e. The summed E-state index contributed by atoms with van der Waals surface area (Å²) in [6.45, 7) is 6.23. The van der Waals surface area contributed by atoms with E-state index in [4.69, 9.17) is 0 Å². The van der Waals surface area contributed by atoms with Gasteiger partial charge in [0, 0.05) is 31.4 Å². The molecule has 0 amide bonds. The zero-order chi connectivity index (χ0) is 13.4. The van der Waals surface area contributed by atoms with Gasteiger partial charge in [-0.2, -0.15) is 0 Å². The third-order valence-corrected chi connectivity index (χ3v) is 4.14. The SMILES string of the molecule is Cc1nc2c(c(=O)[nH]1)CN(Cc1csc(C)n1)CC2. The van der Waals surface area contributed by atoms with Crippen LogP contribution < -0.4 is 5.56 Å². The number of nitrogens with one attached hydrogen (secondary N) is 1. The lowest BCUT2D eigenvalue weighted by Gasteiger charge is -2.26. The number of hydrogen-bond donors (Lipinski definition) is 1. The Kier molecular flexibility index (Phi) is 3.20. The van der Waals surface area contributed by atoms with E-state index < -0.39 is 0 Å². The average Bonchev–Trinajstić information content (AvgIpc) is 2.75. The van der Waals surface area contributed by atoms with Crippen LogP contribution in [0.15, 0.2) is 10.2 Å². The molecule has 2 aromatic rings. The average molecular weight is 276 g/mol. The molecule has 0 spiro atoms. The van der Waals surface area contributed by atoms with Crippen LogP contribution in [0.2, 0.25) is 0 Å². The number of hydrogen-bond acceptors (Lipinski definition) is 5. The lowest BCUT2D eigenvalue weighted by Crippen LogP contribution is -2.35. The number of rotatable bonds is 2. The van der Waals surface area contributed by atoms with E-state index >= 15 is 0 Å². The third-order valence-electron chi connectivity index (χ3n) is 3.32. The molecule has 1 aliphatic heterocycles. The molecule has 3 heterocycles. The number of fused-ring (bicyclic) bond motifs is 1. The lowest BCUT2D eigenvalue weighted by atomic mass is 10.1. The van der Waals surface area contributed by atoms with Crippen molar-refractivity contribution in [1.82, 2.24) is 19.9 Å². The molecule has 0 saturated carbocycles. The van der Waals surface area contributed by atoms with Gasteiger partial charge >= 0.3 is 0 Å². The quantitative estimate of drug-likeness (QED) is 0.900. The number of aromatic amines is 1. The van der Waals surface area contributed by atoms with Crippen molar-refractivity contribution in [3.05, 3.63) is 43.5 Å². The van der Waals surface area contributed by atoms with Crippen LogP contribution in [0.1, 0.15) is 27.8 Å². The van der Waals surface area contributed by atoms with E-state index in [1.165, 1.54) is 0 Å². The maximum Gasteiger partial charge on any atom is 0.255 e. The summed E-state index contributed by atoms with van der Waals surface area (Å²) in [5.74, 6) is 0.701. The van der Waals surface area contributed by atoms with E-state index in [-0.39, 0.29) is 5.56 Å². The number of nitrogens with zero attached hydrogens (tertiary/aromatic N) is 3. The highest BCUT2D eigenvalue weighted by Crippen LogP contribution is 2.17. The number of aromatic nitrogens is 3. The van der Waals surface area contributed by atoms with Crippen LogP contribution in [0.5, 0.6) is 0 Å². The highest BCUT2D eigenvalue weighted by atomic mass is 32.1. The standard InChI is InChI=1S/C13H16N4OS/c1-8-14-12-3-4-17(6-11(12)13(18)15-8)5-10-7-19-9(2)16-10/h7H,3-6H2,1-2H3,(H,14,15,18). The van der Waals surface area contributed by atoms with Crippen molar-refractivity contribution in [2.75, 3.05) is 6.54 Å². The van der Waals surface area contributed by atoms with Gasteiger partial charge in [-0.3, -0.25) is 9.69 Å². The first-order chi connectivity index (χ1) is 9.11. The van der Waals surface area contributed by atoms with Gasteiger partial charge in [0.1, 0.15) is 5.82 Å². The predicted octanol–water partition coefficient (Wildman–Crippen LogP) is 1.40. The Morgan fingerprint density at radius 1 is 1.42 bits per heavy atom. The van der Waals surface area contributed by atoms with E-state index in [1.54, 1.807) is 11.3 Å². The van der Waals surface area contributed by atoms with Crippen molar-refractivity contribution >= 4 is 11.3 Å². The maximum atomic E-state index is 12.0. The maximum absolute atomic E-state index is 12.0. The molecule has 0 unspecified atom stereocenters. The fourth-order valence-corrected chi connectivity index (χ4v) is 3.05. The molecule has 1 aliphatic rings. The Labute approximate surface area is 115 Å². The second-order valence-electron chi connectivity index (χ2n) is 4.90. The van der Waals surface area contributed by atoms with Crippen LogP contribution in [-0.2, 0) is 19.5 Å². The Balaban J connectivity index is 1.80. The lowest BCUT2D eigenvalue weighted by molar-refractivity contribution is 0.239. The van der Waals surface area contributed by atoms with Crippen molar-refractivity contribution < 1.29 is 0 Å². The summed E-state index contributed by atoms with van der Waals surface area (Å²) in [6.07, 6.45) is 0.837. The molecule has 5 nitrogen and oxygen atoms in total. The largest absolute Gasteiger partial charge is 0.310 e. The molecule has 100 valence electrons. The molecule has 6 heteroatoms. The van der Waals surface area contributed by atoms with Crippen molar-refractivity contribution in [2.24, 2.45) is 0 Å². The topological polar surface area (TPSA) is 61.9 Å². The minimum atomic E-state index is 0.00154. The second kappa shape index (κ2) is 4.86. The van der Waals surface area contributed by atoms with Crippen LogP contribution >= 0.6 is 11.3 Å². The Morgan fingerprint density at radius 3 is 3.00 bits per heavy atom. The Hall–Kier alpha value is -1.53. The molecule has 2 aromatic heterocycles. The van der Waals surface area contributed by atoms with E-state index in [1.807, 2.05) is 13.8 Å². The minimum absolute atomic E-state index is 0.00154. The molecule has 0 saturated heterocycles. The van der Waals surface area contributed by atoms with Gasteiger partial charge in [-0.1, -0.05) is 0 Å². The summed E-state index contributed by atoms with van der Waals surface area (Å²) in [5.41, 5.74) is 2.85. The fourth-order valence-electron chi connectivity index (χ4n) is 2.45. The molecule has 0 aromatic carbocycles. The van der Waals surface area contributed by atoms with Crippen molar-refractivity contribution in [3.8, 4) is 0 Å². The summed E-state index contributed by atoms with van der Waals surface area (Å²) < 4.78 is 0. The molecule has 0 bridgehead atoms. The van der Waals surface area contributed by atoms with Crippen molar-refractivity contribution in [3.63, 3.8) is 0 Å². The first-order valence-electron chi connectivity index (χ1n) is 6.34. The summed E-state index contributed by atoms with van der Waals surface area (Å²) in [6, 6.07) is 0. The smallest absolute Gasteiger partial charge is 0.255 e. The van der Waals surface area contributed by atoms with E-state index in [2.05, 4.69) is 25.2 Å². The Bertz CT molecular complexity index is 661. The first-order valence-corrected chi connectivity index (χ1v) is 7.22. The molecule has 0 radical (unpaired) electrons. The number of H-pyrrole nitrogens is 1. The van der Waals surface area contributed by atoms with Gasteiger partial charge in [0.05, 0.1) is 22.0 Å². The highest BCUT2D eigenvalue weighted by molar-refractivity contribution is 7.09. The molecule has 3 rings (SSSR count). The van der Waals surface area contributed by atoms with Gasteiger partial charge in [-0.25, -0.2) is 9.97 Å².